The van der Waals surface area contributed by atoms with Crippen molar-refractivity contribution in [2.45, 2.75) is 0 Å². The highest BCUT2D eigenvalue weighted by Gasteiger charge is 2.14. The van der Waals surface area contributed by atoms with E-state index >= 15 is 0 Å². The van der Waals surface area contributed by atoms with Crippen molar-refractivity contribution >= 4 is 33.2 Å². The lowest BCUT2D eigenvalue weighted by molar-refractivity contribution is 0.0601. The number of aromatic nitrogens is 1. The van der Waals surface area contributed by atoms with Crippen LogP contribution in [0.4, 0.5) is 0 Å². The lowest BCUT2D eigenvalue weighted by Crippen LogP contribution is -2.02. The minimum atomic E-state index is -0.345. The van der Waals surface area contributed by atoms with Gasteiger partial charge in [0.15, 0.2) is 0 Å². The zero-order valence-corrected chi connectivity index (χ0v) is 10.8. The zero-order valence-electron chi connectivity index (χ0n) is 8.44. The minimum Gasteiger partial charge on any atom is -0.465 e. The summed E-state index contributed by atoms with van der Waals surface area (Å²) in [6, 6.07) is 7.27. The third-order valence-electron chi connectivity index (χ3n) is 2.04. The summed E-state index contributed by atoms with van der Waals surface area (Å²) < 4.78 is 5.50. The van der Waals surface area contributed by atoms with E-state index in [1.54, 1.807) is 12.1 Å². The fourth-order valence-corrected chi connectivity index (χ4v) is 2.63. The van der Waals surface area contributed by atoms with Crippen LogP contribution in [-0.4, -0.2) is 18.1 Å². The molecule has 0 amide bonds. The Hall–Kier alpha value is -1.20. The van der Waals surface area contributed by atoms with Crippen LogP contribution >= 0.6 is 27.3 Å². The lowest BCUT2D eigenvalue weighted by atomic mass is 10.1. The van der Waals surface area contributed by atoms with E-state index in [0.717, 1.165) is 15.2 Å². The number of benzene rings is 1. The maximum absolute atomic E-state index is 11.6. The van der Waals surface area contributed by atoms with Gasteiger partial charge in [-0.1, -0.05) is 18.2 Å². The Balaban J connectivity index is 2.52. The van der Waals surface area contributed by atoms with E-state index in [1.165, 1.54) is 18.4 Å². The van der Waals surface area contributed by atoms with Gasteiger partial charge < -0.3 is 4.74 Å². The number of nitrogens with zero attached hydrogens (tertiary/aromatic N) is 1. The van der Waals surface area contributed by atoms with Gasteiger partial charge in [0.2, 0.25) is 0 Å². The number of rotatable bonds is 2. The van der Waals surface area contributed by atoms with Crippen LogP contribution in [0.1, 0.15) is 10.4 Å². The first kappa shape index (κ1) is 11.3. The minimum absolute atomic E-state index is 0.345. The van der Waals surface area contributed by atoms with Crippen molar-refractivity contribution in [1.82, 2.24) is 4.98 Å². The van der Waals surface area contributed by atoms with Crippen molar-refractivity contribution in [3.05, 3.63) is 39.8 Å². The second kappa shape index (κ2) is 4.76. The van der Waals surface area contributed by atoms with Crippen LogP contribution in [0.15, 0.2) is 34.2 Å². The monoisotopic (exact) mass is 297 g/mol. The van der Waals surface area contributed by atoms with Gasteiger partial charge in [0.1, 0.15) is 9.61 Å². The molecule has 0 fully saturated rings. The Labute approximate surface area is 105 Å². The summed E-state index contributed by atoms with van der Waals surface area (Å²) in [6.07, 6.45) is 0. The highest BCUT2D eigenvalue weighted by Crippen LogP contribution is 2.29. The SMILES string of the molecule is COC(=O)c1ccccc1-c1nc(Br)cs1. The van der Waals surface area contributed by atoms with E-state index in [4.69, 9.17) is 4.74 Å². The Morgan fingerprint density at radius 1 is 1.44 bits per heavy atom. The van der Waals surface area contributed by atoms with Crippen molar-refractivity contribution in [2.75, 3.05) is 7.11 Å². The topological polar surface area (TPSA) is 39.2 Å². The molecule has 1 aromatic heterocycles. The molecule has 2 rings (SSSR count). The highest BCUT2D eigenvalue weighted by atomic mass is 79.9. The van der Waals surface area contributed by atoms with Crippen LogP contribution in [0.5, 0.6) is 0 Å². The first-order valence-corrected chi connectivity index (χ1v) is 6.18. The molecule has 16 heavy (non-hydrogen) atoms. The molecule has 3 nitrogen and oxygen atoms in total. The first-order chi connectivity index (χ1) is 7.72. The van der Waals surface area contributed by atoms with Gasteiger partial charge in [0.25, 0.3) is 0 Å². The fraction of sp³-hybridized carbons (Fsp3) is 0.0909. The number of thiazole rings is 1. The largest absolute Gasteiger partial charge is 0.465 e. The van der Waals surface area contributed by atoms with Crippen LogP contribution in [0, 0.1) is 0 Å². The Kier molecular flexibility index (Phi) is 3.36. The molecule has 82 valence electrons. The van der Waals surface area contributed by atoms with Gasteiger partial charge in [-0.05, 0) is 22.0 Å². The zero-order chi connectivity index (χ0) is 11.5. The first-order valence-electron chi connectivity index (χ1n) is 4.51. The summed E-state index contributed by atoms with van der Waals surface area (Å²) >= 11 is 4.77. The van der Waals surface area contributed by atoms with Crippen molar-refractivity contribution < 1.29 is 9.53 Å². The van der Waals surface area contributed by atoms with Crippen molar-refractivity contribution in [1.29, 1.82) is 0 Å². The van der Waals surface area contributed by atoms with Crippen molar-refractivity contribution in [3.63, 3.8) is 0 Å². The van der Waals surface area contributed by atoms with E-state index in [1.807, 2.05) is 17.5 Å². The number of ether oxygens (including phenoxy) is 1. The summed E-state index contributed by atoms with van der Waals surface area (Å²) in [7, 11) is 1.37. The van der Waals surface area contributed by atoms with Gasteiger partial charge in [-0.2, -0.15) is 0 Å². The standard InChI is InChI=1S/C11H8BrNO2S/c1-15-11(14)8-5-3-2-4-7(8)10-13-9(12)6-16-10/h2-6H,1H3. The molecule has 5 heteroatoms. The Morgan fingerprint density at radius 3 is 2.81 bits per heavy atom. The number of carbonyl (C=O) groups excluding carboxylic acids is 1. The normalized spacial score (nSPS) is 10.1. The summed E-state index contributed by atoms with van der Waals surface area (Å²) in [6.45, 7) is 0. The van der Waals surface area contributed by atoms with Crippen LogP contribution in [-0.2, 0) is 4.74 Å². The number of halogens is 1. The molecule has 0 radical (unpaired) electrons. The second-order valence-electron chi connectivity index (χ2n) is 3.01. The smallest absolute Gasteiger partial charge is 0.338 e. The van der Waals surface area contributed by atoms with Crippen molar-refractivity contribution in [3.8, 4) is 10.6 Å². The number of hydrogen-bond donors (Lipinski definition) is 0. The Morgan fingerprint density at radius 2 is 2.19 bits per heavy atom. The fourth-order valence-electron chi connectivity index (χ4n) is 1.34. The Bertz CT molecular complexity index is 524. The second-order valence-corrected chi connectivity index (χ2v) is 4.68. The van der Waals surface area contributed by atoms with Crippen molar-refractivity contribution in [2.24, 2.45) is 0 Å². The van der Waals surface area contributed by atoms with Gasteiger partial charge >= 0.3 is 5.97 Å². The molecule has 0 aliphatic carbocycles. The van der Waals surface area contributed by atoms with E-state index < -0.39 is 0 Å². The molecule has 0 aliphatic rings. The van der Waals surface area contributed by atoms with Crippen LogP contribution < -0.4 is 0 Å². The summed E-state index contributed by atoms with van der Waals surface area (Å²) in [5, 5.41) is 2.68. The van der Waals surface area contributed by atoms with Gasteiger partial charge in [-0.15, -0.1) is 11.3 Å². The average molecular weight is 298 g/mol. The number of methoxy groups -OCH3 is 1. The molecule has 0 saturated heterocycles. The molecule has 0 N–H and O–H groups in total. The maximum Gasteiger partial charge on any atom is 0.338 e. The molecule has 0 unspecified atom stereocenters. The summed E-state index contributed by atoms with van der Waals surface area (Å²) in [5.41, 5.74) is 1.33. The predicted molar refractivity (Wildman–Crippen MR) is 66.6 cm³/mol. The van der Waals surface area contributed by atoms with E-state index in [2.05, 4.69) is 20.9 Å². The molecule has 0 atom stereocenters. The van der Waals surface area contributed by atoms with Crippen LogP contribution in [0.2, 0.25) is 0 Å². The molecule has 0 saturated carbocycles. The molecule has 2 aromatic rings. The number of hydrogen-bond acceptors (Lipinski definition) is 4. The quantitative estimate of drug-likeness (QED) is 0.798. The molecular weight excluding hydrogens is 290 g/mol. The molecule has 0 aliphatic heterocycles. The van der Waals surface area contributed by atoms with Gasteiger partial charge in [-0.25, -0.2) is 9.78 Å². The third-order valence-corrected chi connectivity index (χ3v) is 3.62. The highest BCUT2D eigenvalue weighted by molar-refractivity contribution is 9.10. The van der Waals surface area contributed by atoms with Gasteiger partial charge in [-0.3, -0.25) is 0 Å². The molecular formula is C11H8BrNO2S. The maximum atomic E-state index is 11.6. The number of esters is 1. The van der Waals surface area contributed by atoms with Gasteiger partial charge in [0, 0.05) is 10.9 Å². The lowest BCUT2D eigenvalue weighted by Gasteiger charge is -2.04. The molecule has 1 aromatic carbocycles. The van der Waals surface area contributed by atoms with E-state index in [-0.39, 0.29) is 5.97 Å². The van der Waals surface area contributed by atoms with E-state index in [0.29, 0.717) is 5.56 Å². The van der Waals surface area contributed by atoms with Crippen LogP contribution in [0.3, 0.4) is 0 Å². The predicted octanol–water partition coefficient (Wildman–Crippen LogP) is 3.36. The van der Waals surface area contributed by atoms with E-state index in [9.17, 15) is 4.79 Å². The summed E-state index contributed by atoms with van der Waals surface area (Å²) in [5.74, 6) is -0.345. The third kappa shape index (κ3) is 2.15. The summed E-state index contributed by atoms with van der Waals surface area (Å²) in [4.78, 5) is 15.8. The van der Waals surface area contributed by atoms with Crippen LogP contribution in [0.25, 0.3) is 10.6 Å². The molecule has 0 spiro atoms. The molecule has 1 heterocycles. The molecule has 0 bridgehead atoms. The van der Waals surface area contributed by atoms with Gasteiger partial charge in [0.05, 0.1) is 12.7 Å². The average Bonchev–Trinajstić information content (AvgIpc) is 2.75. The number of carbonyl (C=O) groups is 1.